The molecule has 1 aromatic rings. The van der Waals surface area contributed by atoms with E-state index in [9.17, 15) is 14.4 Å². The number of anilines is 1. The summed E-state index contributed by atoms with van der Waals surface area (Å²) < 4.78 is 5.10. The third-order valence-corrected chi connectivity index (χ3v) is 7.49. The molecule has 4 atom stereocenters. The minimum absolute atomic E-state index is 0.102. The molecule has 0 radical (unpaired) electrons. The van der Waals surface area contributed by atoms with Crippen LogP contribution in [0, 0.1) is 25.7 Å². The van der Waals surface area contributed by atoms with Crippen molar-refractivity contribution in [3.8, 4) is 0 Å². The molecule has 7 nitrogen and oxygen atoms in total. The molecule has 0 bridgehead atoms. The molecule has 3 N–H and O–H groups in total. The van der Waals surface area contributed by atoms with E-state index in [-0.39, 0.29) is 30.3 Å². The summed E-state index contributed by atoms with van der Waals surface area (Å²) >= 11 is 1.71. The van der Waals surface area contributed by atoms with Gasteiger partial charge in [-0.25, -0.2) is 0 Å². The van der Waals surface area contributed by atoms with Gasteiger partial charge in [0.1, 0.15) is 17.9 Å². The SMILES string of the molecule is COCCN1C(=O)[C@@H]2[C@H](CCSC)[NH2+][C@@]3(C(=O)Nc4c3ccc(C)c4C)[C@@H]2C1=O. The summed E-state index contributed by atoms with van der Waals surface area (Å²) in [6.07, 6.45) is 2.80. The fraction of sp³-hybridized carbons (Fsp3) is 0.571. The molecular formula is C21H28N3O4S+. The second-order valence-electron chi connectivity index (χ2n) is 8.19. The van der Waals surface area contributed by atoms with Crippen LogP contribution in [0.15, 0.2) is 12.1 Å². The lowest BCUT2D eigenvalue weighted by Gasteiger charge is -2.26. The molecule has 29 heavy (non-hydrogen) atoms. The molecule has 1 spiro atoms. The first kappa shape index (κ1) is 20.4. The van der Waals surface area contributed by atoms with Crippen LogP contribution < -0.4 is 10.6 Å². The van der Waals surface area contributed by atoms with Crippen LogP contribution in [-0.2, 0) is 24.7 Å². The average Bonchev–Trinajstić information content (AvgIpc) is 3.27. The van der Waals surface area contributed by atoms with Crippen molar-refractivity contribution < 1.29 is 24.4 Å². The number of carbonyl (C=O) groups excluding carboxylic acids is 3. The van der Waals surface area contributed by atoms with Crippen molar-refractivity contribution in [3.63, 3.8) is 0 Å². The molecule has 156 valence electrons. The summed E-state index contributed by atoms with van der Waals surface area (Å²) in [6.45, 7) is 4.52. The Labute approximate surface area is 174 Å². The number of quaternary nitrogens is 1. The van der Waals surface area contributed by atoms with Crippen LogP contribution in [0.25, 0.3) is 0 Å². The Morgan fingerprint density at radius 3 is 2.69 bits per heavy atom. The highest BCUT2D eigenvalue weighted by molar-refractivity contribution is 7.98. The zero-order chi connectivity index (χ0) is 20.9. The normalized spacial score (nSPS) is 30.3. The summed E-state index contributed by atoms with van der Waals surface area (Å²) in [5.41, 5.74) is 2.66. The van der Waals surface area contributed by atoms with Crippen molar-refractivity contribution in [1.29, 1.82) is 0 Å². The summed E-state index contributed by atoms with van der Waals surface area (Å²) in [4.78, 5) is 41.4. The van der Waals surface area contributed by atoms with Crippen LogP contribution in [0.5, 0.6) is 0 Å². The summed E-state index contributed by atoms with van der Waals surface area (Å²) in [5, 5.41) is 5.05. The molecule has 2 saturated heterocycles. The first-order valence-electron chi connectivity index (χ1n) is 9.99. The highest BCUT2D eigenvalue weighted by Crippen LogP contribution is 2.50. The average molecular weight is 419 g/mol. The van der Waals surface area contributed by atoms with E-state index in [4.69, 9.17) is 4.74 Å². The number of nitrogens with zero attached hydrogens (tertiary/aromatic N) is 1. The van der Waals surface area contributed by atoms with E-state index in [1.807, 2.05) is 37.6 Å². The molecule has 3 aliphatic rings. The number of aryl methyl sites for hydroxylation is 1. The second-order valence-corrected chi connectivity index (χ2v) is 9.18. The summed E-state index contributed by atoms with van der Waals surface area (Å²) in [7, 11) is 1.55. The van der Waals surface area contributed by atoms with Crippen molar-refractivity contribution in [2.75, 3.05) is 37.6 Å². The quantitative estimate of drug-likeness (QED) is 0.653. The van der Waals surface area contributed by atoms with E-state index in [0.29, 0.717) is 6.61 Å². The predicted octanol–water partition coefficient (Wildman–Crippen LogP) is 0.397. The predicted molar refractivity (Wildman–Crippen MR) is 111 cm³/mol. The molecular weight excluding hydrogens is 390 g/mol. The minimum Gasteiger partial charge on any atom is -0.383 e. The van der Waals surface area contributed by atoms with Gasteiger partial charge in [0.15, 0.2) is 0 Å². The molecule has 3 aliphatic heterocycles. The maximum Gasteiger partial charge on any atom is 0.291 e. The molecule has 3 heterocycles. The van der Waals surface area contributed by atoms with E-state index in [2.05, 4.69) is 5.32 Å². The lowest BCUT2D eigenvalue weighted by molar-refractivity contribution is -0.733. The standard InChI is InChI=1S/C21H27N3O4S/c1-11-5-6-13-17(12(11)2)22-20(27)21(13)16-15(14(23-21)7-10-29-4)18(25)24(19(16)26)8-9-28-3/h5-6,14-16,23H,7-10H2,1-4H3,(H,22,27)/p+1/t14-,15+,16-,21+/m0/s1. The Morgan fingerprint density at radius 2 is 2.00 bits per heavy atom. The van der Waals surface area contributed by atoms with Crippen molar-refractivity contribution in [2.24, 2.45) is 11.8 Å². The number of methoxy groups -OCH3 is 1. The van der Waals surface area contributed by atoms with E-state index in [1.165, 1.54) is 4.90 Å². The number of imide groups is 1. The molecule has 0 saturated carbocycles. The van der Waals surface area contributed by atoms with Gasteiger partial charge in [-0.2, -0.15) is 11.8 Å². The van der Waals surface area contributed by atoms with Crippen LogP contribution >= 0.6 is 11.8 Å². The summed E-state index contributed by atoms with van der Waals surface area (Å²) in [5.74, 6) is -0.881. The lowest BCUT2D eigenvalue weighted by atomic mass is 9.76. The second kappa shape index (κ2) is 7.41. The Morgan fingerprint density at radius 1 is 1.24 bits per heavy atom. The number of fused-ring (bicyclic) bond motifs is 4. The maximum atomic E-state index is 13.4. The van der Waals surface area contributed by atoms with Gasteiger partial charge in [-0.05, 0) is 43.0 Å². The van der Waals surface area contributed by atoms with Crippen LogP contribution in [-0.4, -0.2) is 60.9 Å². The van der Waals surface area contributed by atoms with Gasteiger partial charge in [-0.15, -0.1) is 0 Å². The molecule has 8 heteroatoms. The highest BCUT2D eigenvalue weighted by atomic mass is 32.2. The first-order valence-corrected chi connectivity index (χ1v) is 11.4. The maximum absolute atomic E-state index is 13.4. The van der Waals surface area contributed by atoms with Gasteiger partial charge in [-0.3, -0.25) is 19.3 Å². The van der Waals surface area contributed by atoms with Gasteiger partial charge in [0, 0.05) is 19.1 Å². The monoisotopic (exact) mass is 418 g/mol. The Bertz CT molecular complexity index is 889. The number of amides is 3. The van der Waals surface area contributed by atoms with E-state index in [0.717, 1.165) is 34.6 Å². The molecule has 0 aliphatic carbocycles. The zero-order valence-corrected chi connectivity index (χ0v) is 18.1. The Hall–Kier alpha value is -1.90. The van der Waals surface area contributed by atoms with Gasteiger partial charge in [0.25, 0.3) is 5.91 Å². The lowest BCUT2D eigenvalue weighted by Crippen LogP contribution is -2.99. The first-order chi connectivity index (χ1) is 13.9. The fourth-order valence-corrected chi connectivity index (χ4v) is 5.77. The number of rotatable bonds is 6. The van der Waals surface area contributed by atoms with Crippen LogP contribution in [0.3, 0.4) is 0 Å². The van der Waals surface area contributed by atoms with Crippen molar-refractivity contribution in [2.45, 2.75) is 31.8 Å². The number of nitrogens with two attached hydrogens (primary N) is 1. The van der Waals surface area contributed by atoms with Crippen molar-refractivity contribution in [1.82, 2.24) is 4.90 Å². The largest absolute Gasteiger partial charge is 0.383 e. The third-order valence-electron chi connectivity index (χ3n) is 6.84. The highest BCUT2D eigenvalue weighted by Gasteiger charge is 2.74. The smallest absolute Gasteiger partial charge is 0.291 e. The molecule has 1 aromatic carbocycles. The molecule has 0 unspecified atom stereocenters. The van der Waals surface area contributed by atoms with E-state index < -0.39 is 17.4 Å². The van der Waals surface area contributed by atoms with Gasteiger partial charge in [0.2, 0.25) is 17.4 Å². The summed E-state index contributed by atoms with van der Waals surface area (Å²) in [6, 6.07) is 3.85. The number of ether oxygens (including phenoxy) is 1. The molecule has 2 fully saturated rings. The van der Waals surface area contributed by atoms with E-state index in [1.54, 1.807) is 18.9 Å². The number of likely N-dealkylation sites (tertiary alicyclic amines) is 1. The molecule has 0 aromatic heterocycles. The number of hydrogen-bond donors (Lipinski definition) is 2. The van der Waals surface area contributed by atoms with Gasteiger partial charge in [-0.1, -0.05) is 6.07 Å². The number of carbonyl (C=O) groups is 3. The number of nitrogens with one attached hydrogen (secondary N) is 1. The fourth-order valence-electron chi connectivity index (χ4n) is 5.26. The van der Waals surface area contributed by atoms with Gasteiger partial charge < -0.3 is 15.4 Å². The molecule has 3 amide bonds. The van der Waals surface area contributed by atoms with Crippen molar-refractivity contribution in [3.05, 3.63) is 28.8 Å². The van der Waals surface area contributed by atoms with Crippen LogP contribution in [0.2, 0.25) is 0 Å². The van der Waals surface area contributed by atoms with Crippen LogP contribution in [0.4, 0.5) is 5.69 Å². The number of hydrogen-bond acceptors (Lipinski definition) is 5. The van der Waals surface area contributed by atoms with E-state index >= 15 is 0 Å². The minimum atomic E-state index is -1.07. The molecule has 4 rings (SSSR count). The third kappa shape index (κ3) is 2.76. The van der Waals surface area contributed by atoms with Gasteiger partial charge >= 0.3 is 0 Å². The Kier molecular flexibility index (Phi) is 5.21. The number of benzene rings is 1. The van der Waals surface area contributed by atoms with Crippen LogP contribution in [0.1, 0.15) is 23.1 Å². The van der Waals surface area contributed by atoms with Crippen molar-refractivity contribution >= 4 is 35.2 Å². The topological polar surface area (TPSA) is 92.3 Å². The number of thioether (sulfide) groups is 1. The Balaban J connectivity index is 1.83. The van der Waals surface area contributed by atoms with Gasteiger partial charge in [0.05, 0.1) is 18.8 Å². The zero-order valence-electron chi connectivity index (χ0n) is 17.3.